The molecule has 1 amide bonds. The van der Waals surface area contributed by atoms with Crippen LogP contribution in [0.1, 0.15) is 30.3 Å². The number of pyridine rings is 1. The second-order valence-electron chi connectivity index (χ2n) is 6.11. The largest absolute Gasteiger partial charge is 0.337 e. The molecule has 1 saturated heterocycles. The Bertz CT molecular complexity index is 848. The summed E-state index contributed by atoms with van der Waals surface area (Å²) in [5, 5.41) is 4.07. The van der Waals surface area contributed by atoms with E-state index in [2.05, 4.69) is 15.1 Å². The Kier molecular flexibility index (Phi) is 4.24. The molecule has 3 aromatic rings. The van der Waals surface area contributed by atoms with Gasteiger partial charge >= 0.3 is 0 Å². The lowest BCUT2D eigenvalue weighted by Crippen LogP contribution is -2.32. The van der Waals surface area contributed by atoms with Gasteiger partial charge in [-0.3, -0.25) is 9.78 Å². The average Bonchev–Trinajstić information content (AvgIpc) is 3.32. The second kappa shape index (κ2) is 6.84. The number of likely N-dealkylation sites (tertiary alicyclic amines) is 1. The summed E-state index contributed by atoms with van der Waals surface area (Å²) in [7, 11) is 0. The van der Waals surface area contributed by atoms with Crippen LogP contribution in [0.4, 0.5) is 0 Å². The van der Waals surface area contributed by atoms with Crippen LogP contribution in [0, 0.1) is 0 Å². The number of nitrogens with zero attached hydrogens (tertiary/aromatic N) is 4. The highest BCUT2D eigenvalue weighted by molar-refractivity contribution is 5.79. The highest BCUT2D eigenvalue weighted by Gasteiger charge is 2.34. The first kappa shape index (κ1) is 15.5. The molecule has 1 atom stereocenters. The molecule has 0 spiro atoms. The molecule has 1 fully saturated rings. The van der Waals surface area contributed by atoms with Crippen molar-refractivity contribution in [2.45, 2.75) is 25.3 Å². The molecule has 4 rings (SSSR count). The third-order valence-electron chi connectivity index (χ3n) is 4.41. The number of hydrogen-bond acceptors (Lipinski definition) is 5. The van der Waals surface area contributed by atoms with E-state index in [1.807, 2.05) is 47.4 Å². The van der Waals surface area contributed by atoms with Crippen molar-refractivity contribution in [3.8, 4) is 11.4 Å². The maximum Gasteiger partial charge on any atom is 0.249 e. The zero-order chi connectivity index (χ0) is 17.1. The molecule has 25 heavy (non-hydrogen) atoms. The average molecular weight is 334 g/mol. The first-order chi connectivity index (χ1) is 12.3. The summed E-state index contributed by atoms with van der Waals surface area (Å²) in [5.74, 6) is 1.13. The number of carbonyl (C=O) groups excluding carboxylic acids is 1. The summed E-state index contributed by atoms with van der Waals surface area (Å²) in [6.07, 6.45) is 5.55. The normalized spacial score (nSPS) is 17.0. The predicted molar refractivity (Wildman–Crippen MR) is 91.4 cm³/mol. The molecule has 1 aliphatic rings. The fraction of sp³-hybridized carbons (Fsp3) is 0.263. The highest BCUT2D eigenvalue weighted by Crippen LogP contribution is 2.32. The van der Waals surface area contributed by atoms with Gasteiger partial charge in [0.25, 0.3) is 0 Å². The Balaban J connectivity index is 1.52. The number of amides is 1. The van der Waals surface area contributed by atoms with Gasteiger partial charge in [-0.2, -0.15) is 4.98 Å². The van der Waals surface area contributed by atoms with Crippen molar-refractivity contribution in [3.05, 3.63) is 66.3 Å². The van der Waals surface area contributed by atoms with Gasteiger partial charge in [-0.05, 0) is 24.5 Å². The van der Waals surface area contributed by atoms with E-state index < -0.39 is 0 Å². The molecule has 0 aliphatic carbocycles. The van der Waals surface area contributed by atoms with Gasteiger partial charge < -0.3 is 9.42 Å². The molecular weight excluding hydrogens is 316 g/mol. The van der Waals surface area contributed by atoms with Crippen molar-refractivity contribution < 1.29 is 9.32 Å². The lowest BCUT2D eigenvalue weighted by Gasteiger charge is -2.21. The second-order valence-corrected chi connectivity index (χ2v) is 6.11. The molecule has 0 bridgehead atoms. The third kappa shape index (κ3) is 3.28. The fourth-order valence-corrected chi connectivity index (χ4v) is 3.18. The number of carbonyl (C=O) groups is 1. The Morgan fingerprint density at radius 1 is 1.20 bits per heavy atom. The number of benzene rings is 1. The summed E-state index contributed by atoms with van der Waals surface area (Å²) < 4.78 is 5.47. The minimum absolute atomic E-state index is 0.0648. The molecule has 0 saturated carbocycles. The van der Waals surface area contributed by atoms with Gasteiger partial charge in [-0.15, -0.1) is 0 Å². The zero-order valence-electron chi connectivity index (χ0n) is 13.7. The Morgan fingerprint density at radius 3 is 2.88 bits per heavy atom. The lowest BCUT2D eigenvalue weighted by molar-refractivity contribution is -0.131. The summed E-state index contributed by atoms with van der Waals surface area (Å²) in [6, 6.07) is 13.3. The zero-order valence-corrected chi connectivity index (χ0v) is 13.7. The first-order valence-electron chi connectivity index (χ1n) is 8.38. The SMILES string of the molecule is O=C(Cc1cccnc1)N1CCC[C@H]1c1nc(-c2ccccc2)no1. The fourth-order valence-electron chi connectivity index (χ4n) is 3.18. The topological polar surface area (TPSA) is 72.1 Å². The van der Waals surface area contributed by atoms with E-state index >= 15 is 0 Å². The molecule has 6 nitrogen and oxygen atoms in total. The molecule has 0 unspecified atom stereocenters. The van der Waals surface area contributed by atoms with E-state index in [0.717, 1.165) is 24.0 Å². The molecule has 0 radical (unpaired) electrons. The summed E-state index contributed by atoms with van der Waals surface area (Å²) in [5.41, 5.74) is 1.82. The lowest BCUT2D eigenvalue weighted by atomic mass is 10.1. The molecule has 1 aliphatic heterocycles. The Hall–Kier alpha value is -3.02. The third-order valence-corrected chi connectivity index (χ3v) is 4.41. The van der Waals surface area contributed by atoms with Crippen LogP contribution in [-0.2, 0) is 11.2 Å². The van der Waals surface area contributed by atoms with Crippen LogP contribution in [0.3, 0.4) is 0 Å². The van der Waals surface area contributed by atoms with E-state index in [1.165, 1.54) is 0 Å². The Morgan fingerprint density at radius 2 is 2.08 bits per heavy atom. The van der Waals surface area contributed by atoms with Crippen LogP contribution in [0.5, 0.6) is 0 Å². The molecular formula is C19H18N4O2. The summed E-state index contributed by atoms with van der Waals surface area (Å²) in [4.78, 5) is 23.1. The maximum absolute atomic E-state index is 12.7. The minimum atomic E-state index is -0.144. The van der Waals surface area contributed by atoms with Crippen molar-refractivity contribution >= 4 is 5.91 Å². The standard InChI is InChI=1S/C19H18N4O2/c24-17(12-14-6-4-10-20-13-14)23-11-5-9-16(23)19-21-18(22-25-19)15-7-2-1-3-8-15/h1-4,6-8,10,13,16H,5,9,11-12H2/t16-/m0/s1. The molecule has 6 heteroatoms. The van der Waals surface area contributed by atoms with Gasteiger partial charge in [-0.25, -0.2) is 0 Å². The van der Waals surface area contributed by atoms with Gasteiger partial charge in [0.15, 0.2) is 0 Å². The maximum atomic E-state index is 12.7. The molecule has 2 aromatic heterocycles. The van der Waals surface area contributed by atoms with Crippen molar-refractivity contribution in [1.29, 1.82) is 0 Å². The van der Waals surface area contributed by atoms with Gasteiger partial charge in [0.05, 0.1) is 6.42 Å². The van der Waals surface area contributed by atoms with E-state index in [1.54, 1.807) is 12.4 Å². The summed E-state index contributed by atoms with van der Waals surface area (Å²) >= 11 is 0. The van der Waals surface area contributed by atoms with Crippen LogP contribution in [0.2, 0.25) is 0 Å². The van der Waals surface area contributed by atoms with E-state index in [-0.39, 0.29) is 11.9 Å². The molecule has 126 valence electrons. The first-order valence-corrected chi connectivity index (χ1v) is 8.38. The van der Waals surface area contributed by atoms with E-state index in [0.29, 0.717) is 24.7 Å². The molecule has 1 aromatic carbocycles. The van der Waals surface area contributed by atoms with Crippen LogP contribution in [-0.4, -0.2) is 32.5 Å². The van der Waals surface area contributed by atoms with E-state index in [9.17, 15) is 4.79 Å². The van der Waals surface area contributed by atoms with Gasteiger partial charge in [0, 0.05) is 24.5 Å². The van der Waals surface area contributed by atoms with Crippen molar-refractivity contribution in [1.82, 2.24) is 20.0 Å². The highest BCUT2D eigenvalue weighted by atomic mass is 16.5. The monoisotopic (exact) mass is 334 g/mol. The quantitative estimate of drug-likeness (QED) is 0.733. The minimum Gasteiger partial charge on any atom is -0.337 e. The van der Waals surface area contributed by atoms with Crippen LogP contribution < -0.4 is 0 Å². The smallest absolute Gasteiger partial charge is 0.249 e. The van der Waals surface area contributed by atoms with Gasteiger partial charge in [-0.1, -0.05) is 41.6 Å². The van der Waals surface area contributed by atoms with Crippen molar-refractivity contribution in [2.75, 3.05) is 6.54 Å². The van der Waals surface area contributed by atoms with Crippen LogP contribution >= 0.6 is 0 Å². The molecule has 3 heterocycles. The van der Waals surface area contributed by atoms with Crippen molar-refractivity contribution in [2.24, 2.45) is 0 Å². The summed E-state index contributed by atoms with van der Waals surface area (Å²) in [6.45, 7) is 0.715. The van der Waals surface area contributed by atoms with Gasteiger partial charge in [0.1, 0.15) is 6.04 Å². The van der Waals surface area contributed by atoms with E-state index in [4.69, 9.17) is 4.52 Å². The van der Waals surface area contributed by atoms with Crippen LogP contribution in [0.25, 0.3) is 11.4 Å². The predicted octanol–water partition coefficient (Wildman–Crippen LogP) is 3.04. The number of hydrogen-bond donors (Lipinski definition) is 0. The Labute approximate surface area is 145 Å². The number of aromatic nitrogens is 3. The molecule has 0 N–H and O–H groups in total. The van der Waals surface area contributed by atoms with Crippen LogP contribution in [0.15, 0.2) is 59.4 Å². The van der Waals surface area contributed by atoms with Gasteiger partial charge in [0.2, 0.25) is 17.6 Å². The number of rotatable bonds is 4. The van der Waals surface area contributed by atoms with Crippen molar-refractivity contribution in [3.63, 3.8) is 0 Å².